The second-order valence-electron chi connectivity index (χ2n) is 4.58. The third kappa shape index (κ3) is 2.71. The maximum absolute atomic E-state index is 5.86. The predicted octanol–water partition coefficient (Wildman–Crippen LogP) is 3.74. The predicted molar refractivity (Wildman–Crippen MR) is 89.1 cm³/mol. The Labute approximate surface area is 138 Å². The molecule has 106 valence electrons. The van der Waals surface area contributed by atoms with Gasteiger partial charge in [-0.1, -0.05) is 15.9 Å². The number of hydrogen-bond donors (Lipinski definition) is 1. The first-order chi connectivity index (χ1) is 10.1. The van der Waals surface area contributed by atoms with Crippen LogP contribution in [0.4, 0.5) is 5.69 Å². The number of aryl methyl sites for hydroxylation is 1. The Kier molecular flexibility index (Phi) is 3.77. The Morgan fingerprint density at radius 3 is 2.67 bits per heavy atom. The van der Waals surface area contributed by atoms with Gasteiger partial charge in [0.25, 0.3) is 0 Å². The van der Waals surface area contributed by atoms with Crippen LogP contribution < -0.4 is 5.73 Å². The number of nitrogens with two attached hydrogens (primary N) is 1. The molecule has 0 aliphatic rings. The van der Waals surface area contributed by atoms with Crippen LogP contribution in [0.25, 0.3) is 17.1 Å². The van der Waals surface area contributed by atoms with Crippen LogP contribution in [0.2, 0.25) is 0 Å². The molecular weight excluding hydrogens is 398 g/mol. The summed E-state index contributed by atoms with van der Waals surface area (Å²) in [6.07, 6.45) is 0. The van der Waals surface area contributed by atoms with Crippen molar-refractivity contribution in [3.63, 3.8) is 0 Å². The van der Waals surface area contributed by atoms with Crippen molar-refractivity contribution < 1.29 is 0 Å². The van der Waals surface area contributed by atoms with Crippen LogP contribution in [0.1, 0.15) is 5.56 Å². The van der Waals surface area contributed by atoms with E-state index < -0.39 is 0 Å². The van der Waals surface area contributed by atoms with Gasteiger partial charge in [-0.05, 0) is 75.2 Å². The fraction of sp³-hybridized carbons (Fsp3) is 0.0714. The quantitative estimate of drug-likeness (QED) is 0.655. The number of tetrazole rings is 1. The molecule has 3 rings (SSSR count). The summed E-state index contributed by atoms with van der Waals surface area (Å²) in [5, 5.41) is 12.0. The number of anilines is 1. The first-order valence-corrected chi connectivity index (χ1v) is 7.75. The van der Waals surface area contributed by atoms with Gasteiger partial charge in [0.15, 0.2) is 5.82 Å². The zero-order valence-corrected chi connectivity index (χ0v) is 14.3. The summed E-state index contributed by atoms with van der Waals surface area (Å²) < 4.78 is 3.56. The van der Waals surface area contributed by atoms with E-state index in [-0.39, 0.29) is 0 Å². The second kappa shape index (κ2) is 5.57. The molecule has 3 aromatic rings. The molecule has 2 aromatic carbocycles. The molecule has 0 atom stereocenters. The van der Waals surface area contributed by atoms with Gasteiger partial charge < -0.3 is 5.73 Å². The van der Waals surface area contributed by atoms with E-state index in [1.165, 1.54) is 0 Å². The van der Waals surface area contributed by atoms with Crippen molar-refractivity contribution >= 4 is 37.5 Å². The second-order valence-corrected chi connectivity index (χ2v) is 6.35. The summed E-state index contributed by atoms with van der Waals surface area (Å²) in [7, 11) is 0. The van der Waals surface area contributed by atoms with Crippen molar-refractivity contribution in [2.45, 2.75) is 6.92 Å². The third-order valence-electron chi connectivity index (χ3n) is 3.13. The molecule has 0 saturated heterocycles. The fourth-order valence-corrected chi connectivity index (χ4v) is 2.76. The minimum absolute atomic E-state index is 0.664. The van der Waals surface area contributed by atoms with E-state index in [1.807, 2.05) is 43.3 Å². The lowest BCUT2D eigenvalue weighted by Crippen LogP contribution is -2.01. The maximum Gasteiger partial charge on any atom is 0.187 e. The summed E-state index contributed by atoms with van der Waals surface area (Å²) in [6, 6.07) is 11.6. The first-order valence-electron chi connectivity index (χ1n) is 6.16. The van der Waals surface area contributed by atoms with Crippen molar-refractivity contribution in [3.05, 3.63) is 50.9 Å². The van der Waals surface area contributed by atoms with Crippen molar-refractivity contribution in [1.29, 1.82) is 0 Å². The Balaban J connectivity index is 2.17. The molecule has 0 spiro atoms. The SMILES string of the molecule is Cc1cc(-c2nnnn2-c2cc(Br)ccc2Br)ccc1N. The highest BCUT2D eigenvalue weighted by molar-refractivity contribution is 9.11. The first kappa shape index (κ1) is 14.2. The molecule has 21 heavy (non-hydrogen) atoms. The molecule has 0 radical (unpaired) electrons. The molecule has 0 fully saturated rings. The third-order valence-corrected chi connectivity index (χ3v) is 4.30. The van der Waals surface area contributed by atoms with Crippen molar-refractivity contribution in [2.75, 3.05) is 5.73 Å². The average Bonchev–Trinajstić information content (AvgIpc) is 2.93. The Bertz CT molecular complexity index is 813. The van der Waals surface area contributed by atoms with E-state index in [0.29, 0.717) is 5.82 Å². The lowest BCUT2D eigenvalue weighted by atomic mass is 10.1. The lowest BCUT2D eigenvalue weighted by molar-refractivity contribution is 0.788. The van der Waals surface area contributed by atoms with Gasteiger partial charge in [0, 0.05) is 20.2 Å². The maximum atomic E-state index is 5.86. The molecule has 0 bridgehead atoms. The molecule has 2 N–H and O–H groups in total. The smallest absolute Gasteiger partial charge is 0.187 e. The lowest BCUT2D eigenvalue weighted by Gasteiger charge is -2.08. The van der Waals surface area contributed by atoms with Gasteiger partial charge in [0.05, 0.1) is 5.69 Å². The minimum atomic E-state index is 0.664. The molecule has 5 nitrogen and oxygen atoms in total. The zero-order valence-electron chi connectivity index (χ0n) is 11.1. The number of nitrogens with zero attached hydrogens (tertiary/aromatic N) is 4. The zero-order chi connectivity index (χ0) is 15.0. The van der Waals surface area contributed by atoms with Gasteiger partial charge in [-0.3, -0.25) is 0 Å². The Morgan fingerprint density at radius 1 is 1.10 bits per heavy atom. The molecule has 0 saturated carbocycles. The van der Waals surface area contributed by atoms with Gasteiger partial charge in [-0.25, -0.2) is 0 Å². The van der Waals surface area contributed by atoms with E-state index in [2.05, 4.69) is 47.4 Å². The highest BCUT2D eigenvalue weighted by atomic mass is 79.9. The summed E-state index contributed by atoms with van der Waals surface area (Å²) in [5.41, 5.74) is 9.39. The van der Waals surface area contributed by atoms with E-state index in [1.54, 1.807) is 4.68 Å². The van der Waals surface area contributed by atoms with E-state index in [0.717, 1.165) is 31.4 Å². The monoisotopic (exact) mass is 407 g/mol. The normalized spacial score (nSPS) is 10.8. The molecule has 0 aliphatic heterocycles. The van der Waals surface area contributed by atoms with Crippen LogP contribution in [0.15, 0.2) is 45.3 Å². The van der Waals surface area contributed by atoms with Crippen LogP contribution in [-0.4, -0.2) is 20.2 Å². The Morgan fingerprint density at radius 2 is 1.90 bits per heavy atom. The van der Waals surface area contributed by atoms with Crippen LogP contribution in [0.3, 0.4) is 0 Å². The van der Waals surface area contributed by atoms with Crippen LogP contribution in [0.5, 0.6) is 0 Å². The molecule has 1 heterocycles. The average molecular weight is 409 g/mol. The number of benzene rings is 2. The van der Waals surface area contributed by atoms with Gasteiger partial charge in [0.2, 0.25) is 0 Å². The van der Waals surface area contributed by atoms with Gasteiger partial charge in [0.1, 0.15) is 0 Å². The molecule has 0 unspecified atom stereocenters. The van der Waals surface area contributed by atoms with Gasteiger partial charge in [-0.2, -0.15) is 4.68 Å². The molecular formula is C14H11Br2N5. The number of halogens is 2. The van der Waals surface area contributed by atoms with E-state index in [4.69, 9.17) is 5.73 Å². The standard InChI is InChI=1S/C14H11Br2N5/c1-8-6-9(2-5-12(8)17)14-18-19-20-21(14)13-7-10(15)3-4-11(13)16/h2-7H,17H2,1H3. The van der Waals surface area contributed by atoms with Crippen molar-refractivity contribution in [3.8, 4) is 17.1 Å². The number of hydrogen-bond acceptors (Lipinski definition) is 4. The molecule has 0 amide bonds. The number of aromatic nitrogens is 4. The molecule has 0 aliphatic carbocycles. The Hall–Kier alpha value is -1.73. The summed E-state index contributed by atoms with van der Waals surface area (Å²) in [4.78, 5) is 0. The minimum Gasteiger partial charge on any atom is -0.399 e. The van der Waals surface area contributed by atoms with Crippen molar-refractivity contribution in [2.24, 2.45) is 0 Å². The van der Waals surface area contributed by atoms with E-state index >= 15 is 0 Å². The van der Waals surface area contributed by atoms with Gasteiger partial charge in [-0.15, -0.1) is 5.10 Å². The molecule has 1 aromatic heterocycles. The highest BCUT2D eigenvalue weighted by Crippen LogP contribution is 2.28. The van der Waals surface area contributed by atoms with Crippen LogP contribution in [-0.2, 0) is 0 Å². The number of rotatable bonds is 2. The van der Waals surface area contributed by atoms with Crippen LogP contribution >= 0.6 is 31.9 Å². The summed E-state index contributed by atoms with van der Waals surface area (Å²) in [6.45, 7) is 1.96. The molecule has 7 heteroatoms. The summed E-state index contributed by atoms with van der Waals surface area (Å²) in [5.74, 6) is 0.664. The van der Waals surface area contributed by atoms with Crippen molar-refractivity contribution in [1.82, 2.24) is 20.2 Å². The van der Waals surface area contributed by atoms with E-state index in [9.17, 15) is 0 Å². The highest BCUT2D eigenvalue weighted by Gasteiger charge is 2.14. The fourth-order valence-electron chi connectivity index (χ4n) is 1.99. The topological polar surface area (TPSA) is 69.6 Å². The van der Waals surface area contributed by atoms with Crippen LogP contribution in [0, 0.1) is 6.92 Å². The summed E-state index contributed by atoms with van der Waals surface area (Å²) >= 11 is 6.99. The number of nitrogen functional groups attached to an aromatic ring is 1. The van der Waals surface area contributed by atoms with Gasteiger partial charge >= 0.3 is 0 Å². The largest absolute Gasteiger partial charge is 0.399 e.